The van der Waals surface area contributed by atoms with Crippen LogP contribution in [0, 0.1) is 0 Å². The van der Waals surface area contributed by atoms with Gasteiger partial charge in [0.25, 0.3) is 0 Å². The van der Waals surface area contributed by atoms with E-state index in [0.717, 1.165) is 11.6 Å². The Morgan fingerprint density at radius 3 is 3.08 bits per heavy atom. The fourth-order valence-corrected chi connectivity index (χ4v) is 1.31. The molecule has 0 radical (unpaired) electrons. The van der Waals surface area contributed by atoms with Crippen LogP contribution in [0.4, 0.5) is 10.1 Å². The molecule has 1 rings (SSSR count). The molecular formula is C7H13N3OS. The molecule has 0 fully saturated rings. The zero-order chi connectivity index (χ0) is 8.97. The third-order valence-corrected chi connectivity index (χ3v) is 2.27. The summed E-state index contributed by atoms with van der Waals surface area (Å²) in [5, 5.41) is 13.7. The molecule has 5 heteroatoms. The first-order valence-corrected chi connectivity index (χ1v) is 4.67. The molecule has 0 aliphatic heterocycles. The van der Waals surface area contributed by atoms with E-state index in [9.17, 15) is 5.11 Å². The van der Waals surface area contributed by atoms with Gasteiger partial charge in [-0.2, -0.15) is 0 Å². The van der Waals surface area contributed by atoms with Gasteiger partial charge in [0.1, 0.15) is 5.00 Å². The average molecular weight is 187 g/mol. The van der Waals surface area contributed by atoms with Crippen molar-refractivity contribution >= 4 is 21.5 Å². The molecule has 12 heavy (non-hydrogen) atoms. The molecule has 1 atom stereocenters. The maximum atomic E-state index is 9.21. The summed E-state index contributed by atoms with van der Waals surface area (Å²) in [5.74, 6) is 0. The number of nitrogens with one attached hydrogen (secondary N) is 1. The quantitative estimate of drug-likeness (QED) is 0.655. The molecule has 4 nitrogen and oxygen atoms in total. The summed E-state index contributed by atoms with van der Waals surface area (Å²) in [6, 6.07) is 0. The van der Waals surface area contributed by atoms with Gasteiger partial charge >= 0.3 is 0 Å². The number of hydrogen-bond acceptors (Lipinski definition) is 5. The van der Waals surface area contributed by atoms with Gasteiger partial charge in [0.2, 0.25) is 0 Å². The second-order valence-corrected chi connectivity index (χ2v) is 3.57. The van der Waals surface area contributed by atoms with Crippen LogP contribution >= 0.6 is 11.3 Å². The van der Waals surface area contributed by atoms with Crippen molar-refractivity contribution in [2.45, 2.75) is 19.4 Å². The standard InChI is InChI=1S/C7H13N3OS/c1-2-5(11)3-9-7-10-4-6(8)12-7/h4-5,11H,2-3,8H2,1H3,(H,9,10). The topological polar surface area (TPSA) is 71.2 Å². The van der Waals surface area contributed by atoms with Crippen LogP contribution in [0.1, 0.15) is 13.3 Å². The molecule has 0 aliphatic rings. The fourth-order valence-electron chi connectivity index (χ4n) is 0.718. The van der Waals surface area contributed by atoms with Gasteiger partial charge < -0.3 is 16.2 Å². The molecule has 0 amide bonds. The van der Waals surface area contributed by atoms with Crippen molar-refractivity contribution in [1.82, 2.24) is 4.98 Å². The van der Waals surface area contributed by atoms with Gasteiger partial charge in [0.15, 0.2) is 5.13 Å². The van der Waals surface area contributed by atoms with Crippen molar-refractivity contribution in [3.05, 3.63) is 6.20 Å². The molecule has 1 aromatic rings. The second kappa shape index (κ2) is 4.27. The Labute approximate surface area is 75.4 Å². The number of nitrogens with two attached hydrogens (primary N) is 1. The van der Waals surface area contributed by atoms with Crippen LogP contribution < -0.4 is 11.1 Å². The number of anilines is 2. The molecular weight excluding hydrogens is 174 g/mol. The fraction of sp³-hybridized carbons (Fsp3) is 0.571. The van der Waals surface area contributed by atoms with Crippen molar-refractivity contribution < 1.29 is 5.11 Å². The number of aliphatic hydroxyl groups excluding tert-OH is 1. The molecule has 1 aromatic heterocycles. The Morgan fingerprint density at radius 2 is 2.58 bits per heavy atom. The number of rotatable bonds is 4. The van der Waals surface area contributed by atoms with Gasteiger partial charge in [-0.3, -0.25) is 0 Å². The van der Waals surface area contributed by atoms with Crippen molar-refractivity contribution in [3.63, 3.8) is 0 Å². The van der Waals surface area contributed by atoms with E-state index in [1.54, 1.807) is 6.20 Å². The Bertz CT molecular complexity index is 238. The largest absolute Gasteiger partial charge is 0.391 e. The van der Waals surface area contributed by atoms with E-state index in [-0.39, 0.29) is 6.10 Å². The molecule has 68 valence electrons. The summed E-state index contributed by atoms with van der Waals surface area (Å²) < 4.78 is 0. The van der Waals surface area contributed by atoms with E-state index in [1.807, 2.05) is 6.92 Å². The van der Waals surface area contributed by atoms with Crippen molar-refractivity contribution in [3.8, 4) is 0 Å². The highest BCUT2D eigenvalue weighted by Crippen LogP contribution is 2.19. The smallest absolute Gasteiger partial charge is 0.184 e. The van der Waals surface area contributed by atoms with Gasteiger partial charge in [-0.1, -0.05) is 18.3 Å². The molecule has 0 bridgehead atoms. The number of thiazole rings is 1. The van der Waals surface area contributed by atoms with Gasteiger partial charge in [-0.05, 0) is 6.42 Å². The second-order valence-electron chi connectivity index (χ2n) is 2.51. The lowest BCUT2D eigenvalue weighted by molar-refractivity contribution is 0.183. The summed E-state index contributed by atoms with van der Waals surface area (Å²) in [4.78, 5) is 3.99. The minimum Gasteiger partial charge on any atom is -0.391 e. The molecule has 1 unspecified atom stereocenters. The normalized spacial score (nSPS) is 12.8. The van der Waals surface area contributed by atoms with Crippen molar-refractivity contribution in [1.29, 1.82) is 0 Å². The highest BCUT2D eigenvalue weighted by molar-refractivity contribution is 7.19. The maximum absolute atomic E-state index is 9.21. The van der Waals surface area contributed by atoms with Gasteiger partial charge in [-0.15, -0.1) is 0 Å². The summed E-state index contributed by atoms with van der Waals surface area (Å²) in [5.41, 5.74) is 5.47. The zero-order valence-corrected chi connectivity index (χ0v) is 7.77. The zero-order valence-electron chi connectivity index (χ0n) is 6.95. The van der Waals surface area contributed by atoms with Crippen LogP contribution in [0.25, 0.3) is 0 Å². The van der Waals surface area contributed by atoms with Crippen LogP contribution in [0.5, 0.6) is 0 Å². The highest BCUT2D eigenvalue weighted by atomic mass is 32.1. The first-order chi connectivity index (χ1) is 5.72. The van der Waals surface area contributed by atoms with Crippen molar-refractivity contribution in [2.24, 2.45) is 0 Å². The Hall–Kier alpha value is -0.810. The Morgan fingerprint density at radius 1 is 1.83 bits per heavy atom. The molecule has 0 aromatic carbocycles. The first kappa shape index (κ1) is 9.28. The van der Waals surface area contributed by atoms with E-state index in [4.69, 9.17) is 5.73 Å². The molecule has 0 aliphatic carbocycles. The third-order valence-electron chi connectivity index (χ3n) is 1.48. The molecule has 0 spiro atoms. The molecule has 0 saturated carbocycles. The number of nitrogens with zero attached hydrogens (tertiary/aromatic N) is 1. The number of hydrogen-bond donors (Lipinski definition) is 3. The van der Waals surface area contributed by atoms with Gasteiger partial charge in [0.05, 0.1) is 12.3 Å². The Kier molecular flexibility index (Phi) is 3.31. The lowest BCUT2D eigenvalue weighted by Crippen LogP contribution is -2.17. The lowest BCUT2D eigenvalue weighted by Gasteiger charge is -2.06. The summed E-state index contributed by atoms with van der Waals surface area (Å²) in [6.45, 7) is 2.46. The summed E-state index contributed by atoms with van der Waals surface area (Å²) in [7, 11) is 0. The lowest BCUT2D eigenvalue weighted by atomic mass is 10.3. The predicted octanol–water partition coefficient (Wildman–Crippen LogP) is 0.908. The molecule has 1 heterocycles. The van der Waals surface area contributed by atoms with E-state index < -0.39 is 0 Å². The predicted molar refractivity (Wildman–Crippen MR) is 51.3 cm³/mol. The van der Waals surface area contributed by atoms with Crippen LogP contribution in [0.15, 0.2) is 6.20 Å². The monoisotopic (exact) mass is 187 g/mol. The van der Waals surface area contributed by atoms with Crippen molar-refractivity contribution in [2.75, 3.05) is 17.6 Å². The van der Waals surface area contributed by atoms with Crippen LogP contribution in [-0.4, -0.2) is 22.7 Å². The number of nitrogen functional groups attached to an aromatic ring is 1. The third kappa shape index (κ3) is 2.67. The molecule has 0 saturated heterocycles. The summed E-state index contributed by atoms with van der Waals surface area (Å²) in [6.07, 6.45) is 2.04. The van der Waals surface area contributed by atoms with E-state index in [0.29, 0.717) is 11.5 Å². The van der Waals surface area contributed by atoms with E-state index in [1.165, 1.54) is 11.3 Å². The average Bonchev–Trinajstić information content (AvgIpc) is 2.47. The summed E-state index contributed by atoms with van der Waals surface area (Å²) >= 11 is 1.38. The maximum Gasteiger partial charge on any atom is 0.184 e. The SMILES string of the molecule is CCC(O)CNc1ncc(N)s1. The van der Waals surface area contributed by atoms with E-state index >= 15 is 0 Å². The van der Waals surface area contributed by atoms with Crippen LogP contribution in [0.2, 0.25) is 0 Å². The van der Waals surface area contributed by atoms with Crippen LogP contribution in [-0.2, 0) is 0 Å². The Balaban J connectivity index is 2.33. The number of aliphatic hydroxyl groups is 1. The van der Waals surface area contributed by atoms with Gasteiger partial charge in [-0.25, -0.2) is 4.98 Å². The van der Waals surface area contributed by atoms with Gasteiger partial charge in [0, 0.05) is 6.54 Å². The minimum absolute atomic E-state index is 0.310. The first-order valence-electron chi connectivity index (χ1n) is 3.85. The van der Waals surface area contributed by atoms with Crippen LogP contribution in [0.3, 0.4) is 0 Å². The van der Waals surface area contributed by atoms with E-state index in [2.05, 4.69) is 10.3 Å². The number of aromatic nitrogens is 1. The minimum atomic E-state index is -0.310. The highest BCUT2D eigenvalue weighted by Gasteiger charge is 2.02. The molecule has 4 N–H and O–H groups in total.